The van der Waals surface area contributed by atoms with Crippen LogP contribution in [0.4, 0.5) is 23.0 Å². The van der Waals surface area contributed by atoms with E-state index in [4.69, 9.17) is 0 Å². The Labute approximate surface area is 206 Å². The molecule has 0 aliphatic carbocycles. The third kappa shape index (κ3) is 4.99. The lowest BCUT2D eigenvalue weighted by Gasteiger charge is -2.37. The highest BCUT2D eigenvalue weighted by atomic mass is 16.2. The van der Waals surface area contributed by atoms with Gasteiger partial charge in [0.15, 0.2) is 0 Å². The van der Waals surface area contributed by atoms with Crippen molar-refractivity contribution in [1.82, 2.24) is 24.7 Å². The molecule has 8 bridgehead atoms. The number of rotatable bonds is 0. The van der Waals surface area contributed by atoms with E-state index in [1.807, 2.05) is 12.1 Å². The summed E-state index contributed by atoms with van der Waals surface area (Å²) < 4.78 is 0. The Morgan fingerprint density at radius 2 is 1.43 bits per heavy atom. The van der Waals surface area contributed by atoms with Gasteiger partial charge in [-0.1, -0.05) is 24.3 Å². The summed E-state index contributed by atoms with van der Waals surface area (Å²) >= 11 is 0. The van der Waals surface area contributed by atoms with Crippen molar-refractivity contribution in [3.05, 3.63) is 72.1 Å². The minimum absolute atomic E-state index is 0.0176. The molecule has 0 spiro atoms. The summed E-state index contributed by atoms with van der Waals surface area (Å²) in [5.41, 5.74) is 4.41. The van der Waals surface area contributed by atoms with Crippen molar-refractivity contribution in [3.8, 4) is 0 Å². The average Bonchev–Trinajstić information content (AvgIpc) is 3.32. The molecule has 2 aromatic carbocycles. The van der Waals surface area contributed by atoms with E-state index >= 15 is 0 Å². The molecular formula is C27H31N7O. The van der Waals surface area contributed by atoms with Crippen LogP contribution in [-0.4, -0.2) is 69.3 Å². The number of carbonyl (C=O) groups is 1. The van der Waals surface area contributed by atoms with Crippen LogP contribution in [0, 0.1) is 0 Å². The van der Waals surface area contributed by atoms with Gasteiger partial charge in [0.05, 0.1) is 6.04 Å². The zero-order chi connectivity index (χ0) is 23.6. The number of fused-ring (bicyclic) bond motifs is 2. The molecule has 8 heteroatoms. The number of nitrogens with one attached hydrogen (secondary N) is 2. The van der Waals surface area contributed by atoms with Crippen molar-refractivity contribution in [2.45, 2.75) is 32.0 Å². The Morgan fingerprint density at radius 1 is 0.771 bits per heavy atom. The summed E-state index contributed by atoms with van der Waals surface area (Å²) in [7, 11) is 0. The Hall–Kier alpha value is -3.49. The minimum Gasteiger partial charge on any atom is -0.340 e. The van der Waals surface area contributed by atoms with E-state index in [-0.39, 0.29) is 6.04 Å². The summed E-state index contributed by atoms with van der Waals surface area (Å²) in [6.45, 7) is 6.01. The monoisotopic (exact) mass is 469 g/mol. The Balaban J connectivity index is 1.32. The first-order valence-electron chi connectivity index (χ1n) is 12.5. The summed E-state index contributed by atoms with van der Waals surface area (Å²) in [6.07, 6.45) is 3.59. The lowest BCUT2D eigenvalue weighted by Crippen LogP contribution is -2.53. The van der Waals surface area contributed by atoms with Crippen molar-refractivity contribution in [2.75, 3.05) is 43.4 Å². The first-order chi connectivity index (χ1) is 17.2. The van der Waals surface area contributed by atoms with Gasteiger partial charge in [-0.05, 0) is 54.8 Å². The number of hydrogen-bond acceptors (Lipinski definition) is 7. The van der Waals surface area contributed by atoms with Crippen LogP contribution < -0.4 is 10.6 Å². The molecule has 1 atom stereocenters. The Bertz CT molecular complexity index is 1210. The topological polar surface area (TPSA) is 76.6 Å². The molecule has 2 N–H and O–H groups in total. The van der Waals surface area contributed by atoms with Crippen molar-refractivity contribution >= 4 is 28.9 Å². The highest BCUT2D eigenvalue weighted by molar-refractivity contribution is 5.82. The van der Waals surface area contributed by atoms with E-state index < -0.39 is 0 Å². The van der Waals surface area contributed by atoms with E-state index in [0.29, 0.717) is 5.91 Å². The van der Waals surface area contributed by atoms with Crippen LogP contribution in [0.5, 0.6) is 0 Å². The SMILES string of the molecule is O=C1C2CCCN2Cc2cccc(c2)Nc2cc(ncn2)Nc2cccc(c2)CN2CCN1CC2. The fourth-order valence-electron chi connectivity index (χ4n) is 5.41. The maximum absolute atomic E-state index is 13.5. The summed E-state index contributed by atoms with van der Waals surface area (Å²) in [6, 6.07) is 18.7. The van der Waals surface area contributed by atoms with E-state index in [1.54, 1.807) is 6.33 Å². The maximum atomic E-state index is 13.5. The van der Waals surface area contributed by atoms with Crippen LogP contribution in [0.15, 0.2) is 60.9 Å². The lowest BCUT2D eigenvalue weighted by molar-refractivity contribution is -0.138. The van der Waals surface area contributed by atoms with Crippen molar-refractivity contribution < 1.29 is 4.79 Å². The molecule has 8 nitrogen and oxygen atoms in total. The van der Waals surface area contributed by atoms with Gasteiger partial charge in [0.25, 0.3) is 0 Å². The first-order valence-corrected chi connectivity index (χ1v) is 12.5. The van der Waals surface area contributed by atoms with Crippen molar-refractivity contribution in [3.63, 3.8) is 0 Å². The van der Waals surface area contributed by atoms with Gasteiger partial charge in [-0.25, -0.2) is 9.97 Å². The van der Waals surface area contributed by atoms with Crippen LogP contribution in [0.25, 0.3) is 0 Å². The number of hydrogen-bond donors (Lipinski definition) is 2. The minimum atomic E-state index is -0.0176. The van der Waals surface area contributed by atoms with Gasteiger partial charge in [-0.15, -0.1) is 0 Å². The molecule has 3 aromatic rings. The van der Waals surface area contributed by atoms with Crippen LogP contribution >= 0.6 is 0 Å². The second kappa shape index (κ2) is 9.64. The molecule has 7 rings (SSSR count). The van der Waals surface area contributed by atoms with Crippen LogP contribution in [0.2, 0.25) is 0 Å². The van der Waals surface area contributed by atoms with E-state index in [2.05, 4.69) is 77.8 Å². The zero-order valence-corrected chi connectivity index (χ0v) is 19.9. The fourth-order valence-corrected chi connectivity index (χ4v) is 5.41. The number of anilines is 4. The first kappa shape index (κ1) is 22.0. The molecule has 180 valence electrons. The molecule has 1 unspecified atom stereocenters. The molecule has 1 aromatic heterocycles. The Morgan fingerprint density at radius 3 is 2.11 bits per heavy atom. The highest BCUT2D eigenvalue weighted by Gasteiger charge is 2.34. The quantitative estimate of drug-likeness (QED) is 0.521. The van der Waals surface area contributed by atoms with Gasteiger partial charge >= 0.3 is 0 Å². The smallest absolute Gasteiger partial charge is 0.240 e. The van der Waals surface area contributed by atoms with E-state index in [0.717, 1.165) is 81.7 Å². The van der Waals surface area contributed by atoms with Crippen LogP contribution in [0.3, 0.4) is 0 Å². The molecule has 1 amide bonds. The van der Waals surface area contributed by atoms with Crippen molar-refractivity contribution in [2.24, 2.45) is 0 Å². The molecule has 2 saturated heterocycles. The average molecular weight is 470 g/mol. The predicted molar refractivity (Wildman–Crippen MR) is 137 cm³/mol. The number of carbonyl (C=O) groups excluding carboxylic acids is 1. The molecule has 5 heterocycles. The highest BCUT2D eigenvalue weighted by Crippen LogP contribution is 2.26. The van der Waals surface area contributed by atoms with E-state index in [9.17, 15) is 4.79 Å². The maximum Gasteiger partial charge on any atom is 0.240 e. The number of piperazine rings is 1. The van der Waals surface area contributed by atoms with Crippen LogP contribution in [0.1, 0.15) is 24.0 Å². The third-order valence-corrected chi connectivity index (χ3v) is 7.19. The summed E-state index contributed by atoms with van der Waals surface area (Å²) in [4.78, 5) is 29.1. The number of nitrogens with zero attached hydrogens (tertiary/aromatic N) is 5. The van der Waals surface area contributed by atoms with E-state index in [1.165, 1.54) is 11.1 Å². The standard InChI is InChI=1S/C27H31N7O/c35-27-24-8-3-9-34(24)18-21-5-2-7-23(15-21)31-26-16-25(28-19-29-26)30-22-6-1-4-20(14-22)17-32-10-12-33(27)13-11-32/h1-2,4-7,14-16,19,24H,3,8-13,17-18H2,(H2,28,29,30,31). The van der Waals surface area contributed by atoms with Gasteiger partial charge in [0.1, 0.15) is 18.0 Å². The Kier molecular flexibility index (Phi) is 6.06. The molecule has 4 aliphatic heterocycles. The number of amides is 1. The largest absolute Gasteiger partial charge is 0.340 e. The van der Waals surface area contributed by atoms with Gasteiger partial charge in [-0.2, -0.15) is 0 Å². The molecule has 35 heavy (non-hydrogen) atoms. The van der Waals surface area contributed by atoms with Crippen molar-refractivity contribution in [1.29, 1.82) is 0 Å². The molecule has 0 saturated carbocycles. The molecular weight excluding hydrogens is 438 g/mol. The summed E-state index contributed by atoms with van der Waals surface area (Å²) in [5.74, 6) is 1.78. The molecule has 2 fully saturated rings. The normalized spacial score (nSPS) is 22.7. The van der Waals surface area contributed by atoms with Gasteiger partial charge in [-0.3, -0.25) is 14.6 Å². The lowest BCUT2D eigenvalue weighted by atomic mass is 10.1. The summed E-state index contributed by atoms with van der Waals surface area (Å²) in [5, 5.41) is 6.83. The number of benzene rings is 2. The third-order valence-electron chi connectivity index (χ3n) is 7.19. The number of aromatic nitrogens is 2. The van der Waals surface area contributed by atoms with Crippen LogP contribution in [-0.2, 0) is 17.9 Å². The van der Waals surface area contributed by atoms with Gasteiger partial charge < -0.3 is 15.5 Å². The molecule has 0 radical (unpaired) electrons. The predicted octanol–water partition coefficient (Wildman–Crippen LogP) is 3.59. The van der Waals surface area contributed by atoms with Gasteiger partial charge in [0.2, 0.25) is 5.91 Å². The fraction of sp³-hybridized carbons (Fsp3) is 0.370. The van der Waals surface area contributed by atoms with Gasteiger partial charge in [0, 0.05) is 56.7 Å². The second-order valence-corrected chi connectivity index (χ2v) is 9.67. The molecule has 4 aliphatic rings. The zero-order valence-electron chi connectivity index (χ0n) is 19.9. The second-order valence-electron chi connectivity index (χ2n) is 9.67.